The predicted octanol–water partition coefficient (Wildman–Crippen LogP) is 0.346. The third-order valence-electron chi connectivity index (χ3n) is 2.68. The Kier molecular flexibility index (Phi) is 3.02. The fraction of sp³-hybridized carbons (Fsp3) is 0.600. The maximum Gasteiger partial charge on any atom is 0.331 e. The van der Waals surface area contributed by atoms with E-state index in [1.807, 2.05) is 20.8 Å². The van der Waals surface area contributed by atoms with Crippen LogP contribution in [0.2, 0.25) is 0 Å². The lowest BCUT2D eigenvalue weighted by Crippen LogP contribution is -2.42. The van der Waals surface area contributed by atoms with Crippen molar-refractivity contribution in [2.24, 2.45) is 13.0 Å². The van der Waals surface area contributed by atoms with Gasteiger partial charge in [0.25, 0.3) is 5.56 Å². The first-order chi connectivity index (χ1) is 6.86. The fourth-order valence-electron chi connectivity index (χ4n) is 1.37. The predicted molar refractivity (Wildman–Crippen MR) is 59.9 cm³/mol. The summed E-state index contributed by atoms with van der Waals surface area (Å²) >= 11 is 0. The van der Waals surface area contributed by atoms with Gasteiger partial charge < -0.3 is 10.3 Å². The van der Waals surface area contributed by atoms with Crippen molar-refractivity contribution >= 4 is 5.69 Å². The van der Waals surface area contributed by atoms with Gasteiger partial charge in [0, 0.05) is 19.3 Å². The van der Waals surface area contributed by atoms with Gasteiger partial charge in [0.2, 0.25) is 0 Å². The zero-order chi connectivity index (χ0) is 11.7. The maximum absolute atomic E-state index is 11.8. The number of nitrogens with two attached hydrogens (primary N) is 1. The van der Waals surface area contributed by atoms with Crippen LogP contribution < -0.4 is 17.0 Å². The van der Waals surface area contributed by atoms with Crippen LogP contribution in [-0.2, 0) is 7.05 Å². The van der Waals surface area contributed by atoms with Gasteiger partial charge in [-0.1, -0.05) is 13.8 Å². The quantitative estimate of drug-likeness (QED) is 0.767. The van der Waals surface area contributed by atoms with Crippen molar-refractivity contribution in [2.75, 3.05) is 5.73 Å². The first kappa shape index (κ1) is 11.6. The molecule has 1 unspecified atom stereocenters. The Labute approximate surface area is 88.1 Å². The second-order valence-electron chi connectivity index (χ2n) is 4.14. The molecule has 2 N–H and O–H groups in total. The summed E-state index contributed by atoms with van der Waals surface area (Å²) in [6, 6.07) is -0.153. The molecule has 1 rings (SSSR count). The number of nitrogens with zero attached hydrogens (tertiary/aromatic N) is 2. The van der Waals surface area contributed by atoms with Crippen LogP contribution in [0.5, 0.6) is 0 Å². The van der Waals surface area contributed by atoms with Gasteiger partial charge in [-0.3, -0.25) is 9.36 Å². The molecule has 0 aliphatic rings. The van der Waals surface area contributed by atoms with Gasteiger partial charge in [-0.25, -0.2) is 4.79 Å². The Morgan fingerprint density at radius 3 is 2.27 bits per heavy atom. The van der Waals surface area contributed by atoms with Crippen molar-refractivity contribution in [1.29, 1.82) is 0 Å². The van der Waals surface area contributed by atoms with E-state index in [9.17, 15) is 9.59 Å². The van der Waals surface area contributed by atoms with Crippen LogP contribution >= 0.6 is 0 Å². The molecule has 0 aromatic carbocycles. The summed E-state index contributed by atoms with van der Waals surface area (Å²) in [4.78, 5) is 23.5. The molecule has 0 saturated carbocycles. The molecule has 1 atom stereocenters. The van der Waals surface area contributed by atoms with Crippen molar-refractivity contribution in [2.45, 2.75) is 26.8 Å². The highest BCUT2D eigenvalue weighted by Crippen LogP contribution is 2.12. The van der Waals surface area contributed by atoms with Crippen LogP contribution in [0.4, 0.5) is 5.69 Å². The van der Waals surface area contributed by atoms with Gasteiger partial charge >= 0.3 is 5.69 Å². The molecule has 0 fully saturated rings. The molecule has 0 amide bonds. The van der Waals surface area contributed by atoms with E-state index in [4.69, 9.17) is 5.73 Å². The lowest BCUT2D eigenvalue weighted by molar-refractivity contribution is 0.377. The summed E-state index contributed by atoms with van der Waals surface area (Å²) in [6.45, 7) is 5.76. The van der Waals surface area contributed by atoms with Crippen LogP contribution in [0.1, 0.15) is 26.8 Å². The second kappa shape index (κ2) is 3.92. The average Bonchev–Trinajstić information content (AvgIpc) is 2.15. The zero-order valence-corrected chi connectivity index (χ0v) is 9.52. The number of aryl methyl sites for hydroxylation is 1. The summed E-state index contributed by atoms with van der Waals surface area (Å²) in [5.74, 6) is 0.206. The topological polar surface area (TPSA) is 70.0 Å². The van der Waals surface area contributed by atoms with Crippen LogP contribution in [0, 0.1) is 5.92 Å². The lowest BCUT2D eigenvalue weighted by atomic mass is 10.1. The summed E-state index contributed by atoms with van der Waals surface area (Å²) in [7, 11) is 1.58. The third-order valence-corrected chi connectivity index (χ3v) is 2.68. The van der Waals surface area contributed by atoms with Crippen molar-refractivity contribution in [3.8, 4) is 0 Å². The minimum atomic E-state index is -0.403. The van der Waals surface area contributed by atoms with Crippen molar-refractivity contribution in [3.63, 3.8) is 0 Å². The molecule has 15 heavy (non-hydrogen) atoms. The van der Waals surface area contributed by atoms with Gasteiger partial charge in [0.1, 0.15) is 5.69 Å². The van der Waals surface area contributed by atoms with Crippen LogP contribution in [0.25, 0.3) is 0 Å². The monoisotopic (exact) mass is 211 g/mol. The smallest absolute Gasteiger partial charge is 0.331 e. The van der Waals surface area contributed by atoms with Gasteiger partial charge in [0.05, 0.1) is 0 Å². The first-order valence-electron chi connectivity index (χ1n) is 4.94. The summed E-state index contributed by atoms with van der Waals surface area (Å²) in [6.07, 6.45) is 1.36. The molecule has 1 aromatic rings. The Balaban J connectivity index is 3.54. The van der Waals surface area contributed by atoms with E-state index in [0.29, 0.717) is 0 Å². The van der Waals surface area contributed by atoms with Crippen LogP contribution in [-0.4, -0.2) is 9.13 Å². The molecular weight excluding hydrogens is 194 g/mol. The minimum absolute atomic E-state index is 0.101. The summed E-state index contributed by atoms with van der Waals surface area (Å²) < 4.78 is 2.54. The maximum atomic E-state index is 11.8. The minimum Gasteiger partial charge on any atom is -0.393 e. The molecule has 1 aromatic heterocycles. The normalized spacial score (nSPS) is 13.1. The molecule has 84 valence electrons. The van der Waals surface area contributed by atoms with Crippen molar-refractivity contribution in [3.05, 3.63) is 27.0 Å². The number of anilines is 1. The molecule has 0 aliphatic carbocycles. The molecular formula is C10H17N3O2. The SMILES string of the molecule is CC(C)C(C)n1c(=O)c(N)cn(C)c1=O. The molecule has 1 heterocycles. The van der Waals surface area contributed by atoms with E-state index in [1.54, 1.807) is 7.05 Å². The standard InChI is InChI=1S/C10H17N3O2/c1-6(2)7(3)13-9(14)8(11)5-12(4)10(13)15/h5-7H,11H2,1-4H3. The summed E-state index contributed by atoms with van der Waals surface area (Å²) in [5.41, 5.74) is 4.91. The molecule has 0 radical (unpaired) electrons. The molecule has 0 aliphatic heterocycles. The van der Waals surface area contributed by atoms with Gasteiger partial charge in [0.15, 0.2) is 0 Å². The highest BCUT2D eigenvalue weighted by Gasteiger charge is 2.16. The largest absolute Gasteiger partial charge is 0.393 e. The average molecular weight is 211 g/mol. The molecule has 5 heteroatoms. The Hall–Kier alpha value is -1.52. The molecule has 5 nitrogen and oxygen atoms in total. The van der Waals surface area contributed by atoms with Crippen LogP contribution in [0.15, 0.2) is 15.8 Å². The van der Waals surface area contributed by atoms with E-state index in [2.05, 4.69) is 0 Å². The van der Waals surface area contributed by atoms with E-state index < -0.39 is 5.56 Å². The second-order valence-corrected chi connectivity index (χ2v) is 4.14. The van der Waals surface area contributed by atoms with Gasteiger partial charge in [-0.2, -0.15) is 0 Å². The molecule has 0 bridgehead atoms. The third kappa shape index (κ3) is 1.95. The highest BCUT2D eigenvalue weighted by atomic mass is 16.2. The Bertz CT molecular complexity index is 436. The van der Waals surface area contributed by atoms with Crippen molar-refractivity contribution < 1.29 is 0 Å². The van der Waals surface area contributed by atoms with E-state index in [0.717, 1.165) is 0 Å². The first-order valence-corrected chi connectivity index (χ1v) is 4.94. The van der Waals surface area contributed by atoms with E-state index >= 15 is 0 Å². The number of aromatic nitrogens is 2. The Morgan fingerprint density at radius 2 is 1.80 bits per heavy atom. The summed E-state index contributed by atoms with van der Waals surface area (Å²) in [5, 5.41) is 0. The zero-order valence-electron chi connectivity index (χ0n) is 9.52. The van der Waals surface area contributed by atoms with Gasteiger partial charge in [-0.05, 0) is 12.8 Å². The molecule has 0 spiro atoms. The number of rotatable bonds is 2. The Morgan fingerprint density at radius 1 is 1.27 bits per heavy atom. The van der Waals surface area contributed by atoms with Crippen LogP contribution in [0.3, 0.4) is 0 Å². The van der Waals surface area contributed by atoms with Crippen molar-refractivity contribution in [1.82, 2.24) is 9.13 Å². The van der Waals surface area contributed by atoms with E-state index in [1.165, 1.54) is 15.3 Å². The fourth-order valence-corrected chi connectivity index (χ4v) is 1.37. The number of hydrogen-bond acceptors (Lipinski definition) is 3. The van der Waals surface area contributed by atoms with E-state index in [-0.39, 0.29) is 23.3 Å². The number of nitrogen functional groups attached to an aromatic ring is 1. The number of hydrogen-bond donors (Lipinski definition) is 1. The highest BCUT2D eigenvalue weighted by molar-refractivity contribution is 5.31. The lowest BCUT2D eigenvalue weighted by Gasteiger charge is -2.18. The molecule has 0 saturated heterocycles. The van der Waals surface area contributed by atoms with Gasteiger partial charge in [-0.15, -0.1) is 0 Å².